The maximum Gasteiger partial charge on any atom is 0.410 e. The van der Waals surface area contributed by atoms with Crippen LogP contribution in [0.4, 0.5) is 16.2 Å². The maximum atomic E-state index is 12.0. The van der Waals surface area contributed by atoms with E-state index in [1.165, 1.54) is 0 Å². The summed E-state index contributed by atoms with van der Waals surface area (Å²) in [5.74, 6) is 0. The highest BCUT2D eigenvalue weighted by Crippen LogP contribution is 2.30. The molecular formula is C15H20BrN3O4. The normalized spacial score (nSPS) is 15.5. The zero-order valence-electron chi connectivity index (χ0n) is 13.4. The molecule has 0 N–H and O–H groups in total. The van der Waals surface area contributed by atoms with Crippen molar-refractivity contribution in [1.29, 1.82) is 0 Å². The number of rotatable bonds is 2. The Morgan fingerprint density at radius 2 is 1.87 bits per heavy atom. The van der Waals surface area contributed by atoms with Crippen LogP contribution in [0.15, 0.2) is 22.7 Å². The van der Waals surface area contributed by atoms with Gasteiger partial charge in [0.2, 0.25) is 0 Å². The summed E-state index contributed by atoms with van der Waals surface area (Å²) in [5.41, 5.74) is 0.307. The molecule has 1 fully saturated rings. The Morgan fingerprint density at radius 3 is 2.39 bits per heavy atom. The number of nitro groups is 1. The molecule has 126 valence electrons. The van der Waals surface area contributed by atoms with Gasteiger partial charge in [0.05, 0.1) is 9.40 Å². The van der Waals surface area contributed by atoms with Crippen LogP contribution in [0.25, 0.3) is 0 Å². The average molecular weight is 386 g/mol. The number of hydrogen-bond acceptors (Lipinski definition) is 5. The number of ether oxygens (including phenoxy) is 1. The number of halogens is 1. The molecule has 1 aliphatic rings. The van der Waals surface area contributed by atoms with E-state index in [0.717, 1.165) is 5.69 Å². The standard InChI is InChI=1S/C15H20BrN3O4/c1-15(2,3)23-14(20)18-8-6-17(7-9-18)11-4-5-12(16)13(10-11)19(21)22/h4-5,10H,6-9H2,1-3H3. The van der Waals surface area contributed by atoms with Gasteiger partial charge in [-0.15, -0.1) is 0 Å². The van der Waals surface area contributed by atoms with Crippen LogP contribution < -0.4 is 4.90 Å². The van der Waals surface area contributed by atoms with Gasteiger partial charge in [0.25, 0.3) is 5.69 Å². The predicted molar refractivity (Wildman–Crippen MR) is 90.8 cm³/mol. The SMILES string of the molecule is CC(C)(C)OC(=O)N1CCN(c2ccc(Br)c([N+](=O)[O-])c2)CC1. The van der Waals surface area contributed by atoms with E-state index in [1.54, 1.807) is 17.0 Å². The van der Waals surface area contributed by atoms with Gasteiger partial charge in [-0.05, 0) is 48.8 Å². The number of anilines is 1. The Morgan fingerprint density at radius 1 is 1.26 bits per heavy atom. The third-order valence-corrected chi connectivity index (χ3v) is 4.09. The molecule has 2 rings (SSSR count). The van der Waals surface area contributed by atoms with Gasteiger partial charge < -0.3 is 14.5 Å². The molecule has 23 heavy (non-hydrogen) atoms. The van der Waals surface area contributed by atoms with E-state index < -0.39 is 10.5 Å². The molecule has 0 bridgehead atoms. The minimum Gasteiger partial charge on any atom is -0.444 e. The first kappa shape index (κ1) is 17.5. The van der Waals surface area contributed by atoms with Gasteiger partial charge in [0.1, 0.15) is 5.60 Å². The molecule has 1 aromatic carbocycles. The molecule has 0 saturated carbocycles. The third kappa shape index (κ3) is 4.57. The fraction of sp³-hybridized carbons (Fsp3) is 0.533. The van der Waals surface area contributed by atoms with E-state index >= 15 is 0 Å². The molecule has 7 nitrogen and oxygen atoms in total. The summed E-state index contributed by atoms with van der Waals surface area (Å²) in [6.07, 6.45) is -0.320. The van der Waals surface area contributed by atoms with Crippen molar-refractivity contribution in [3.05, 3.63) is 32.8 Å². The monoisotopic (exact) mass is 385 g/mol. The minimum atomic E-state index is -0.513. The molecule has 0 aliphatic carbocycles. The highest BCUT2D eigenvalue weighted by molar-refractivity contribution is 9.10. The first-order chi connectivity index (χ1) is 10.7. The number of hydrogen-bond donors (Lipinski definition) is 0. The van der Waals surface area contributed by atoms with Crippen molar-refractivity contribution >= 4 is 33.4 Å². The largest absolute Gasteiger partial charge is 0.444 e. The van der Waals surface area contributed by atoms with Gasteiger partial charge in [-0.2, -0.15) is 0 Å². The fourth-order valence-electron chi connectivity index (χ4n) is 2.31. The van der Waals surface area contributed by atoms with Crippen molar-refractivity contribution in [2.24, 2.45) is 0 Å². The van der Waals surface area contributed by atoms with Gasteiger partial charge in [-0.25, -0.2) is 4.79 Å². The Bertz CT molecular complexity index is 607. The topological polar surface area (TPSA) is 75.9 Å². The molecule has 0 spiro atoms. The van der Waals surface area contributed by atoms with Crippen LogP contribution in [0, 0.1) is 10.1 Å². The van der Waals surface area contributed by atoms with Crippen LogP contribution in [0.1, 0.15) is 20.8 Å². The first-order valence-electron chi connectivity index (χ1n) is 7.34. The maximum absolute atomic E-state index is 12.0. The lowest BCUT2D eigenvalue weighted by Gasteiger charge is -2.36. The smallest absolute Gasteiger partial charge is 0.410 e. The van der Waals surface area contributed by atoms with E-state index in [4.69, 9.17) is 4.74 Å². The Kier molecular flexibility index (Phi) is 5.13. The average Bonchev–Trinajstić information content (AvgIpc) is 2.46. The van der Waals surface area contributed by atoms with Gasteiger partial charge in [0.15, 0.2) is 0 Å². The molecule has 1 heterocycles. The fourth-order valence-corrected chi connectivity index (χ4v) is 2.70. The van der Waals surface area contributed by atoms with Crippen molar-refractivity contribution in [1.82, 2.24) is 4.90 Å². The van der Waals surface area contributed by atoms with Crippen molar-refractivity contribution in [2.75, 3.05) is 31.1 Å². The molecule has 0 unspecified atom stereocenters. The second-order valence-electron chi connectivity index (χ2n) is 6.35. The van der Waals surface area contributed by atoms with Crippen molar-refractivity contribution in [3.63, 3.8) is 0 Å². The lowest BCUT2D eigenvalue weighted by molar-refractivity contribution is -0.385. The molecule has 0 atom stereocenters. The summed E-state index contributed by atoms with van der Waals surface area (Å²) >= 11 is 3.18. The minimum absolute atomic E-state index is 0.0390. The lowest BCUT2D eigenvalue weighted by atomic mass is 10.2. The Balaban J connectivity index is 2.01. The Hall–Kier alpha value is -1.83. The highest BCUT2D eigenvalue weighted by atomic mass is 79.9. The highest BCUT2D eigenvalue weighted by Gasteiger charge is 2.26. The van der Waals surface area contributed by atoms with Crippen LogP contribution >= 0.6 is 15.9 Å². The van der Waals surface area contributed by atoms with Crippen LogP contribution in [0.5, 0.6) is 0 Å². The van der Waals surface area contributed by atoms with E-state index in [9.17, 15) is 14.9 Å². The van der Waals surface area contributed by atoms with Gasteiger partial charge in [-0.1, -0.05) is 0 Å². The summed E-state index contributed by atoms with van der Waals surface area (Å²) in [7, 11) is 0. The van der Waals surface area contributed by atoms with Gasteiger partial charge in [0, 0.05) is 37.9 Å². The number of nitrogens with zero attached hydrogens (tertiary/aromatic N) is 3. The zero-order chi connectivity index (χ0) is 17.2. The molecule has 0 aromatic heterocycles. The summed E-state index contributed by atoms with van der Waals surface area (Å²) in [6.45, 7) is 7.78. The predicted octanol–water partition coefficient (Wildman–Crippen LogP) is 3.41. The van der Waals surface area contributed by atoms with Crippen molar-refractivity contribution < 1.29 is 14.5 Å². The second-order valence-corrected chi connectivity index (χ2v) is 7.20. The van der Waals surface area contributed by atoms with Crippen LogP contribution in [-0.4, -0.2) is 47.7 Å². The summed E-state index contributed by atoms with van der Waals surface area (Å²) in [4.78, 5) is 26.3. The van der Waals surface area contributed by atoms with Crippen LogP contribution in [0.3, 0.4) is 0 Å². The number of piperazine rings is 1. The van der Waals surface area contributed by atoms with Crippen LogP contribution in [-0.2, 0) is 4.74 Å². The molecule has 1 aromatic rings. The molecular weight excluding hydrogens is 366 g/mol. The third-order valence-electron chi connectivity index (χ3n) is 3.42. The first-order valence-corrected chi connectivity index (χ1v) is 8.13. The van der Waals surface area contributed by atoms with Gasteiger partial charge in [-0.3, -0.25) is 10.1 Å². The summed E-state index contributed by atoms with van der Waals surface area (Å²) in [6, 6.07) is 5.06. The lowest BCUT2D eigenvalue weighted by Crippen LogP contribution is -2.50. The van der Waals surface area contributed by atoms with E-state index in [1.807, 2.05) is 31.7 Å². The molecule has 8 heteroatoms. The number of nitro benzene ring substituents is 1. The van der Waals surface area contributed by atoms with E-state index in [0.29, 0.717) is 30.7 Å². The zero-order valence-corrected chi connectivity index (χ0v) is 15.0. The Labute approximate surface area is 143 Å². The molecule has 1 aliphatic heterocycles. The van der Waals surface area contributed by atoms with E-state index in [-0.39, 0.29) is 11.8 Å². The second kappa shape index (κ2) is 6.74. The van der Waals surface area contributed by atoms with Crippen LogP contribution in [0.2, 0.25) is 0 Å². The number of amides is 1. The number of carbonyl (C=O) groups excluding carboxylic acids is 1. The summed E-state index contributed by atoms with van der Waals surface area (Å²) < 4.78 is 5.81. The number of carbonyl (C=O) groups is 1. The molecule has 0 radical (unpaired) electrons. The summed E-state index contributed by atoms with van der Waals surface area (Å²) in [5, 5.41) is 11.0. The van der Waals surface area contributed by atoms with E-state index in [2.05, 4.69) is 15.9 Å². The molecule has 1 amide bonds. The molecule has 1 saturated heterocycles. The van der Waals surface area contributed by atoms with Crippen molar-refractivity contribution in [2.45, 2.75) is 26.4 Å². The quantitative estimate of drug-likeness (QED) is 0.575. The van der Waals surface area contributed by atoms with Crippen molar-refractivity contribution in [3.8, 4) is 0 Å². The van der Waals surface area contributed by atoms with Gasteiger partial charge >= 0.3 is 6.09 Å². The number of benzene rings is 1.